The van der Waals surface area contributed by atoms with Gasteiger partial charge in [0.25, 0.3) is 0 Å². The number of pyridine rings is 1. The number of hydrogen-bond donors (Lipinski definition) is 1. The number of rotatable bonds is 6. The van der Waals surface area contributed by atoms with Gasteiger partial charge >= 0.3 is 0 Å². The average molecular weight is 249 g/mol. The third-order valence-corrected chi connectivity index (χ3v) is 2.48. The largest absolute Gasteiger partial charge is 0.383 e. The summed E-state index contributed by atoms with van der Waals surface area (Å²) in [6.07, 6.45) is 4.13. The Hall–Kier alpha value is -0.510. The van der Waals surface area contributed by atoms with Gasteiger partial charge in [-0.2, -0.15) is 0 Å². The summed E-state index contributed by atoms with van der Waals surface area (Å²) in [5, 5.41) is 3.87. The molecule has 15 heavy (non-hydrogen) atoms. The van der Waals surface area contributed by atoms with Crippen molar-refractivity contribution in [2.24, 2.45) is 0 Å². The van der Waals surface area contributed by atoms with Crippen molar-refractivity contribution < 1.29 is 4.74 Å². The van der Waals surface area contributed by atoms with Crippen LogP contribution in [0.3, 0.4) is 0 Å². The van der Waals surface area contributed by atoms with E-state index in [1.807, 2.05) is 6.07 Å². The number of nitrogens with zero attached hydrogens (tertiary/aromatic N) is 1. The first-order chi connectivity index (χ1) is 7.27. The van der Waals surface area contributed by atoms with Gasteiger partial charge < -0.3 is 10.1 Å². The van der Waals surface area contributed by atoms with Gasteiger partial charge in [-0.1, -0.05) is 11.6 Å². The van der Waals surface area contributed by atoms with Crippen molar-refractivity contribution >= 4 is 28.9 Å². The van der Waals surface area contributed by atoms with Crippen molar-refractivity contribution in [3.05, 3.63) is 23.5 Å². The van der Waals surface area contributed by atoms with Gasteiger partial charge in [-0.15, -0.1) is 11.6 Å². The fourth-order valence-corrected chi connectivity index (χ4v) is 1.68. The molecule has 0 amide bonds. The molecule has 0 aliphatic rings. The molecular weight excluding hydrogens is 235 g/mol. The maximum atomic E-state index is 5.97. The molecule has 0 aliphatic carbocycles. The van der Waals surface area contributed by atoms with Gasteiger partial charge in [0.15, 0.2) is 0 Å². The lowest BCUT2D eigenvalue weighted by molar-refractivity contribution is 0.184. The third kappa shape index (κ3) is 4.24. The van der Waals surface area contributed by atoms with E-state index in [9.17, 15) is 0 Å². The number of hydrogen-bond acceptors (Lipinski definition) is 3. The lowest BCUT2D eigenvalue weighted by Crippen LogP contribution is -2.25. The molecule has 0 fully saturated rings. The van der Waals surface area contributed by atoms with Crippen LogP contribution in [-0.4, -0.2) is 30.6 Å². The first-order valence-electron chi connectivity index (χ1n) is 4.69. The molecule has 1 N–H and O–H groups in total. The summed E-state index contributed by atoms with van der Waals surface area (Å²) in [5.41, 5.74) is 0.860. The number of halogens is 2. The second-order valence-electron chi connectivity index (χ2n) is 3.13. The summed E-state index contributed by atoms with van der Waals surface area (Å²) in [6, 6.07) is 2.01. The molecule has 1 aromatic heterocycles. The molecule has 1 heterocycles. The summed E-state index contributed by atoms with van der Waals surface area (Å²) in [4.78, 5) is 3.91. The highest BCUT2D eigenvalue weighted by Crippen LogP contribution is 2.20. The van der Waals surface area contributed by atoms with Gasteiger partial charge in [0.05, 0.1) is 23.4 Å². The minimum Gasteiger partial charge on any atom is -0.383 e. The van der Waals surface area contributed by atoms with E-state index >= 15 is 0 Å². The van der Waals surface area contributed by atoms with E-state index in [0.717, 1.165) is 12.1 Å². The quantitative estimate of drug-likeness (QED) is 0.787. The van der Waals surface area contributed by atoms with E-state index in [0.29, 0.717) is 17.5 Å². The van der Waals surface area contributed by atoms with Crippen molar-refractivity contribution in [3.8, 4) is 0 Å². The summed E-state index contributed by atoms with van der Waals surface area (Å²) in [5.74, 6) is 0.587. The Kier molecular flexibility index (Phi) is 5.76. The lowest BCUT2D eigenvalue weighted by atomic mass is 10.2. The highest BCUT2D eigenvalue weighted by atomic mass is 35.5. The van der Waals surface area contributed by atoms with Crippen LogP contribution < -0.4 is 5.32 Å². The Labute approximate surface area is 99.7 Å². The Balaban J connectivity index is 2.60. The average Bonchev–Trinajstić information content (AvgIpc) is 2.22. The molecule has 0 spiro atoms. The Morgan fingerprint density at radius 3 is 3.00 bits per heavy atom. The van der Waals surface area contributed by atoms with Crippen LogP contribution in [-0.2, 0) is 4.74 Å². The lowest BCUT2D eigenvalue weighted by Gasteiger charge is -2.18. The number of alkyl halides is 1. The smallest absolute Gasteiger partial charge is 0.0820 e. The predicted octanol–water partition coefficient (Wildman–Crippen LogP) is 2.79. The molecular formula is C10H14Cl2N2O. The molecule has 1 unspecified atom stereocenters. The molecule has 84 valence electrons. The van der Waals surface area contributed by atoms with Gasteiger partial charge in [-0.05, 0) is 12.5 Å². The number of ether oxygens (including phenoxy) is 1. The first kappa shape index (κ1) is 12.6. The van der Waals surface area contributed by atoms with Gasteiger partial charge in [-0.25, -0.2) is 0 Å². The molecule has 1 rings (SSSR count). The summed E-state index contributed by atoms with van der Waals surface area (Å²) in [7, 11) is 1.66. The molecule has 3 nitrogen and oxygen atoms in total. The van der Waals surface area contributed by atoms with E-state index in [1.54, 1.807) is 19.5 Å². The highest BCUT2D eigenvalue weighted by molar-refractivity contribution is 6.33. The van der Waals surface area contributed by atoms with E-state index in [1.165, 1.54) is 0 Å². The fraction of sp³-hybridized carbons (Fsp3) is 0.500. The fourth-order valence-electron chi connectivity index (χ4n) is 1.24. The van der Waals surface area contributed by atoms with Crippen LogP contribution in [0.4, 0.5) is 5.69 Å². The highest BCUT2D eigenvalue weighted by Gasteiger charge is 2.09. The molecule has 0 radical (unpaired) electrons. The zero-order chi connectivity index (χ0) is 11.1. The molecule has 0 aromatic carbocycles. The van der Waals surface area contributed by atoms with E-state index in [4.69, 9.17) is 27.9 Å². The number of nitrogens with one attached hydrogen (secondary N) is 1. The number of aromatic nitrogens is 1. The van der Waals surface area contributed by atoms with Crippen molar-refractivity contribution in [1.82, 2.24) is 4.98 Å². The van der Waals surface area contributed by atoms with E-state index in [2.05, 4.69) is 10.3 Å². The second kappa shape index (κ2) is 6.88. The first-order valence-corrected chi connectivity index (χ1v) is 5.60. The molecule has 0 aliphatic heterocycles. The minimum atomic E-state index is 0.174. The van der Waals surface area contributed by atoms with Crippen LogP contribution in [0.5, 0.6) is 0 Å². The minimum absolute atomic E-state index is 0.174. The van der Waals surface area contributed by atoms with E-state index in [-0.39, 0.29) is 6.04 Å². The summed E-state index contributed by atoms with van der Waals surface area (Å²) in [6.45, 7) is 0.603. The molecule has 0 bridgehead atoms. The summed E-state index contributed by atoms with van der Waals surface area (Å²) >= 11 is 11.7. The third-order valence-electron chi connectivity index (χ3n) is 1.96. The van der Waals surface area contributed by atoms with Gasteiger partial charge in [0.1, 0.15) is 0 Å². The van der Waals surface area contributed by atoms with Crippen molar-refractivity contribution in [2.75, 3.05) is 24.9 Å². The van der Waals surface area contributed by atoms with Crippen molar-refractivity contribution in [1.29, 1.82) is 0 Å². The normalized spacial score (nSPS) is 12.5. The number of anilines is 1. The SMILES string of the molecule is COCC(CCCl)Nc1ccncc1Cl. The van der Waals surface area contributed by atoms with Gasteiger partial charge in [-0.3, -0.25) is 4.98 Å². The second-order valence-corrected chi connectivity index (χ2v) is 3.91. The molecule has 0 saturated heterocycles. The zero-order valence-electron chi connectivity index (χ0n) is 8.54. The molecule has 0 saturated carbocycles. The van der Waals surface area contributed by atoms with Crippen LogP contribution >= 0.6 is 23.2 Å². The van der Waals surface area contributed by atoms with Crippen LogP contribution in [0.2, 0.25) is 5.02 Å². The van der Waals surface area contributed by atoms with E-state index < -0.39 is 0 Å². The summed E-state index contributed by atoms with van der Waals surface area (Å²) < 4.78 is 5.09. The predicted molar refractivity (Wildman–Crippen MR) is 63.9 cm³/mol. The van der Waals surface area contributed by atoms with Gasteiger partial charge in [0, 0.05) is 25.4 Å². The van der Waals surface area contributed by atoms with Gasteiger partial charge in [0.2, 0.25) is 0 Å². The Morgan fingerprint density at radius 2 is 2.40 bits per heavy atom. The van der Waals surface area contributed by atoms with Crippen LogP contribution in [0, 0.1) is 0 Å². The van der Waals surface area contributed by atoms with Crippen molar-refractivity contribution in [3.63, 3.8) is 0 Å². The topological polar surface area (TPSA) is 34.1 Å². The molecule has 1 aromatic rings. The standard InChI is InChI=1S/C10H14Cl2N2O/c1-15-7-8(2-4-11)14-10-3-5-13-6-9(10)12/h3,5-6,8H,2,4,7H2,1H3,(H,13,14). The van der Waals surface area contributed by atoms with Crippen molar-refractivity contribution in [2.45, 2.75) is 12.5 Å². The molecule has 1 atom stereocenters. The maximum Gasteiger partial charge on any atom is 0.0820 e. The number of methoxy groups -OCH3 is 1. The monoisotopic (exact) mass is 248 g/mol. The van der Waals surface area contributed by atoms with Crippen LogP contribution in [0.25, 0.3) is 0 Å². The van der Waals surface area contributed by atoms with Crippen LogP contribution in [0.15, 0.2) is 18.5 Å². The van der Waals surface area contributed by atoms with Crippen LogP contribution in [0.1, 0.15) is 6.42 Å². The Bertz CT molecular complexity index is 291. The molecule has 5 heteroatoms. The Morgan fingerprint density at radius 1 is 1.60 bits per heavy atom. The maximum absolute atomic E-state index is 5.97. The zero-order valence-corrected chi connectivity index (χ0v) is 10.1.